The highest BCUT2D eigenvalue weighted by atomic mass is 35.5. The van der Waals surface area contributed by atoms with Gasteiger partial charge in [0.2, 0.25) is 11.8 Å². The van der Waals surface area contributed by atoms with Crippen LogP contribution in [0.25, 0.3) is 0 Å². The molecule has 2 rings (SSSR count). The van der Waals surface area contributed by atoms with E-state index in [0.717, 1.165) is 0 Å². The van der Waals surface area contributed by atoms with Gasteiger partial charge in [-0.2, -0.15) is 5.26 Å². The van der Waals surface area contributed by atoms with Crippen molar-refractivity contribution in [3.05, 3.63) is 34.3 Å². The minimum atomic E-state index is -1.17. The molecule has 1 aromatic carbocycles. The summed E-state index contributed by atoms with van der Waals surface area (Å²) < 4.78 is 12.8. The van der Waals surface area contributed by atoms with Gasteiger partial charge in [0.15, 0.2) is 5.78 Å². The van der Waals surface area contributed by atoms with Gasteiger partial charge in [-0.3, -0.25) is 19.2 Å². The number of nitriles is 1. The normalized spacial score (nSPS) is 17.2. The van der Waals surface area contributed by atoms with E-state index >= 15 is 0 Å². The molecule has 1 aliphatic heterocycles. The van der Waals surface area contributed by atoms with Gasteiger partial charge in [0.05, 0.1) is 16.6 Å². The van der Waals surface area contributed by atoms with E-state index in [4.69, 9.17) is 16.9 Å². The van der Waals surface area contributed by atoms with Crippen LogP contribution in [0.5, 0.6) is 0 Å². The lowest BCUT2D eigenvalue weighted by molar-refractivity contribution is -0.140. The van der Waals surface area contributed by atoms with Crippen LogP contribution in [0.4, 0.5) is 4.39 Å². The van der Waals surface area contributed by atoms with Gasteiger partial charge in [-0.15, -0.1) is 0 Å². The molecule has 1 aromatic rings. The summed E-state index contributed by atoms with van der Waals surface area (Å²) in [6.07, 6.45) is 1.89. The van der Waals surface area contributed by atoms with E-state index in [1.165, 1.54) is 30.0 Å². The van der Waals surface area contributed by atoms with Crippen LogP contribution in [0, 0.1) is 11.3 Å². The van der Waals surface area contributed by atoms with Gasteiger partial charge in [-0.25, -0.2) is 4.39 Å². The summed E-state index contributed by atoms with van der Waals surface area (Å²) in [5.41, 5.74) is 0.312. The van der Waals surface area contributed by atoms with E-state index in [9.17, 15) is 23.6 Å². The Morgan fingerprint density at radius 1 is 1.31 bits per heavy atom. The lowest BCUT2D eigenvalue weighted by Crippen LogP contribution is -2.54. The molecule has 0 aromatic heterocycles. The van der Waals surface area contributed by atoms with Crippen LogP contribution in [-0.2, 0) is 14.4 Å². The standard InChI is InChI=1S/C22H26ClFN4O4/c1-3-5-17(19(29)11-24)27-21(31)18-6-4-9-28(18)22(32)13(2)26-20(30)14-7-8-16(23)15(10-14)12-25/h7-8,10,13,17-18H,3-6,9,11H2,1-2H3,(H,26,30)(H,27,31)/t13-,17-,18?/m0/s1. The zero-order chi connectivity index (χ0) is 23.8. The minimum Gasteiger partial charge on any atom is -0.344 e. The highest BCUT2D eigenvalue weighted by Crippen LogP contribution is 2.20. The Morgan fingerprint density at radius 3 is 2.66 bits per heavy atom. The van der Waals surface area contributed by atoms with E-state index in [-0.39, 0.29) is 16.1 Å². The molecule has 1 saturated heterocycles. The number of hydrogen-bond acceptors (Lipinski definition) is 5. The lowest BCUT2D eigenvalue weighted by Gasteiger charge is -2.28. The molecule has 3 amide bonds. The second-order valence-corrected chi connectivity index (χ2v) is 8.05. The third-order valence-electron chi connectivity index (χ3n) is 5.32. The van der Waals surface area contributed by atoms with Gasteiger partial charge in [-0.1, -0.05) is 24.9 Å². The van der Waals surface area contributed by atoms with Crippen LogP contribution in [0.15, 0.2) is 18.2 Å². The van der Waals surface area contributed by atoms with Gasteiger partial charge in [0.25, 0.3) is 5.91 Å². The summed E-state index contributed by atoms with van der Waals surface area (Å²) in [5, 5.41) is 14.4. The van der Waals surface area contributed by atoms with Crippen molar-refractivity contribution >= 4 is 35.1 Å². The zero-order valence-corrected chi connectivity index (χ0v) is 18.7. The highest BCUT2D eigenvalue weighted by Gasteiger charge is 2.37. The summed E-state index contributed by atoms with van der Waals surface area (Å²) >= 11 is 5.88. The van der Waals surface area contributed by atoms with E-state index in [0.29, 0.717) is 32.2 Å². The third kappa shape index (κ3) is 6.04. The average molecular weight is 465 g/mol. The second kappa shape index (κ2) is 11.6. The predicted molar refractivity (Wildman–Crippen MR) is 116 cm³/mol. The van der Waals surface area contributed by atoms with Crippen molar-refractivity contribution in [2.45, 2.75) is 57.7 Å². The SMILES string of the molecule is CCC[C@H](NC(=O)C1CCCN1C(=O)[C@H](C)NC(=O)c1ccc(Cl)c(C#N)c1)C(=O)CF. The first-order valence-electron chi connectivity index (χ1n) is 10.4. The quantitative estimate of drug-likeness (QED) is 0.580. The van der Waals surface area contributed by atoms with Gasteiger partial charge in [0.1, 0.15) is 24.8 Å². The molecule has 8 nitrogen and oxygen atoms in total. The van der Waals surface area contributed by atoms with Crippen LogP contribution in [0.2, 0.25) is 5.02 Å². The van der Waals surface area contributed by atoms with Crippen LogP contribution in [0.3, 0.4) is 0 Å². The fraction of sp³-hybridized carbons (Fsp3) is 0.500. The van der Waals surface area contributed by atoms with Crippen LogP contribution in [-0.4, -0.2) is 59.7 Å². The Kier molecular flexibility index (Phi) is 9.14. The highest BCUT2D eigenvalue weighted by molar-refractivity contribution is 6.31. The van der Waals surface area contributed by atoms with Crippen LogP contribution in [0.1, 0.15) is 55.5 Å². The molecule has 0 radical (unpaired) electrons. The summed E-state index contributed by atoms with van der Waals surface area (Å²) in [6.45, 7) is 2.48. The van der Waals surface area contributed by atoms with Crippen molar-refractivity contribution in [3.63, 3.8) is 0 Å². The molecule has 1 unspecified atom stereocenters. The number of carbonyl (C=O) groups excluding carboxylic acids is 4. The Morgan fingerprint density at radius 2 is 2.03 bits per heavy atom. The topological polar surface area (TPSA) is 119 Å². The molecule has 0 bridgehead atoms. The van der Waals surface area contributed by atoms with Crippen LogP contribution >= 0.6 is 11.6 Å². The Bertz CT molecular complexity index is 933. The first-order chi connectivity index (χ1) is 15.2. The zero-order valence-electron chi connectivity index (χ0n) is 18.0. The van der Waals surface area contributed by atoms with Crippen LogP contribution < -0.4 is 10.6 Å². The molecular formula is C22H26ClFN4O4. The number of amides is 3. The summed E-state index contributed by atoms with van der Waals surface area (Å²) in [5.74, 6) is -2.22. The van der Waals surface area contributed by atoms with E-state index in [2.05, 4.69) is 10.6 Å². The minimum absolute atomic E-state index is 0.138. The third-order valence-corrected chi connectivity index (χ3v) is 5.65. The maximum Gasteiger partial charge on any atom is 0.251 e. The fourth-order valence-corrected chi connectivity index (χ4v) is 3.77. The molecule has 172 valence electrons. The van der Waals surface area contributed by atoms with E-state index < -0.39 is 48.3 Å². The number of rotatable bonds is 9. The first-order valence-corrected chi connectivity index (χ1v) is 10.8. The van der Waals surface area contributed by atoms with Crippen molar-refractivity contribution in [2.24, 2.45) is 0 Å². The number of nitrogens with one attached hydrogen (secondary N) is 2. The molecular weight excluding hydrogens is 439 g/mol. The van der Waals surface area contributed by atoms with Crippen molar-refractivity contribution in [2.75, 3.05) is 13.2 Å². The fourth-order valence-electron chi connectivity index (χ4n) is 3.61. The molecule has 32 heavy (non-hydrogen) atoms. The molecule has 0 spiro atoms. The lowest BCUT2D eigenvalue weighted by atomic mass is 10.1. The number of ketones is 1. The Hall–Kier alpha value is -2.99. The molecule has 1 fully saturated rings. The molecule has 10 heteroatoms. The number of hydrogen-bond donors (Lipinski definition) is 2. The van der Waals surface area contributed by atoms with Crippen molar-refractivity contribution < 1.29 is 23.6 Å². The number of Topliss-reactive ketones (excluding diaryl/α,β-unsaturated/α-hetero) is 1. The van der Waals surface area contributed by atoms with Crippen molar-refractivity contribution in [1.82, 2.24) is 15.5 Å². The molecule has 0 aliphatic carbocycles. The number of halogens is 2. The molecule has 1 heterocycles. The number of nitrogens with zero attached hydrogens (tertiary/aromatic N) is 2. The summed E-state index contributed by atoms with van der Waals surface area (Å²) in [6, 6.07) is 3.43. The maximum absolute atomic E-state index is 12.9. The average Bonchev–Trinajstić information content (AvgIpc) is 3.27. The summed E-state index contributed by atoms with van der Waals surface area (Å²) in [4.78, 5) is 51.3. The predicted octanol–water partition coefficient (Wildman–Crippen LogP) is 2.14. The molecule has 1 aliphatic rings. The monoisotopic (exact) mass is 464 g/mol. The molecule has 0 saturated carbocycles. The smallest absolute Gasteiger partial charge is 0.251 e. The first kappa shape index (κ1) is 25.3. The maximum atomic E-state index is 12.9. The van der Waals surface area contributed by atoms with Gasteiger partial charge in [-0.05, 0) is 44.4 Å². The summed E-state index contributed by atoms with van der Waals surface area (Å²) in [7, 11) is 0. The Labute approximate surface area is 191 Å². The van der Waals surface area contributed by atoms with Gasteiger partial charge >= 0.3 is 0 Å². The van der Waals surface area contributed by atoms with Crippen molar-refractivity contribution in [3.8, 4) is 6.07 Å². The number of alkyl halides is 1. The molecule has 2 N–H and O–H groups in total. The van der Waals surface area contributed by atoms with E-state index in [1.807, 2.05) is 13.0 Å². The second-order valence-electron chi connectivity index (χ2n) is 7.64. The number of benzene rings is 1. The number of carbonyl (C=O) groups is 4. The van der Waals surface area contributed by atoms with Gasteiger partial charge in [0, 0.05) is 12.1 Å². The largest absolute Gasteiger partial charge is 0.344 e. The number of likely N-dealkylation sites (tertiary alicyclic amines) is 1. The molecule has 3 atom stereocenters. The Balaban J connectivity index is 2.05. The van der Waals surface area contributed by atoms with Gasteiger partial charge < -0.3 is 15.5 Å². The van der Waals surface area contributed by atoms with E-state index in [1.54, 1.807) is 0 Å². The van der Waals surface area contributed by atoms with Crippen molar-refractivity contribution in [1.29, 1.82) is 5.26 Å².